The second kappa shape index (κ2) is 6.83. The molecule has 2 aliphatic rings. The van der Waals surface area contributed by atoms with Crippen molar-refractivity contribution < 1.29 is 28.9 Å². The number of nitrogens with zero attached hydrogens (tertiary/aromatic N) is 1. The number of carboxylic acid groups (broad SMARTS) is 1. The Bertz CT molecular complexity index is 892. The highest BCUT2D eigenvalue weighted by molar-refractivity contribution is 5.96. The monoisotopic (exact) mass is 369 g/mol. The molecule has 2 aliphatic heterocycles. The summed E-state index contributed by atoms with van der Waals surface area (Å²) in [5.41, 5.74) is 1.97. The molecule has 0 fully saturated rings. The molecule has 1 unspecified atom stereocenters. The molecule has 7 heteroatoms. The lowest BCUT2D eigenvalue weighted by Crippen LogP contribution is -2.40. The molecular formula is C20H19NO6. The number of hydrogen-bond acceptors (Lipinski definition) is 5. The first-order valence-corrected chi connectivity index (χ1v) is 8.66. The first kappa shape index (κ1) is 17.2. The molecular weight excluding hydrogens is 350 g/mol. The Kier molecular flexibility index (Phi) is 4.35. The zero-order valence-corrected chi connectivity index (χ0v) is 14.8. The molecule has 2 aromatic rings. The summed E-state index contributed by atoms with van der Waals surface area (Å²) in [6, 6.07) is 10.6. The van der Waals surface area contributed by atoms with Gasteiger partial charge in [-0.3, -0.25) is 9.59 Å². The molecule has 140 valence electrons. The number of methoxy groups -OCH3 is 1. The van der Waals surface area contributed by atoms with Crippen molar-refractivity contribution in [3.8, 4) is 17.2 Å². The van der Waals surface area contributed by atoms with Crippen LogP contribution in [0.3, 0.4) is 0 Å². The fourth-order valence-corrected chi connectivity index (χ4v) is 3.55. The highest BCUT2D eigenvalue weighted by Crippen LogP contribution is 2.41. The van der Waals surface area contributed by atoms with E-state index in [4.69, 9.17) is 14.2 Å². The van der Waals surface area contributed by atoms with Crippen LogP contribution in [-0.2, 0) is 11.3 Å². The lowest BCUT2D eigenvalue weighted by Gasteiger charge is -2.33. The molecule has 1 N–H and O–H groups in total. The van der Waals surface area contributed by atoms with E-state index in [0.717, 1.165) is 11.1 Å². The van der Waals surface area contributed by atoms with Gasteiger partial charge in [-0.2, -0.15) is 0 Å². The molecule has 4 rings (SSSR count). The second-order valence-electron chi connectivity index (χ2n) is 6.48. The zero-order valence-electron chi connectivity index (χ0n) is 14.8. The summed E-state index contributed by atoms with van der Waals surface area (Å²) in [6.07, 6.45) is 0. The number of aliphatic carboxylic acids is 1. The van der Waals surface area contributed by atoms with Gasteiger partial charge in [-0.15, -0.1) is 0 Å². The van der Waals surface area contributed by atoms with Crippen molar-refractivity contribution in [3.63, 3.8) is 0 Å². The first-order chi connectivity index (χ1) is 13.1. The van der Waals surface area contributed by atoms with E-state index < -0.39 is 11.9 Å². The Morgan fingerprint density at radius 3 is 2.74 bits per heavy atom. The van der Waals surface area contributed by atoms with Crippen molar-refractivity contribution in [2.45, 2.75) is 12.5 Å². The van der Waals surface area contributed by atoms with Gasteiger partial charge in [0.05, 0.1) is 13.0 Å². The van der Waals surface area contributed by atoms with Gasteiger partial charge in [0.2, 0.25) is 5.75 Å². The largest absolute Gasteiger partial charge is 0.493 e. The minimum Gasteiger partial charge on any atom is -0.493 e. The molecule has 0 saturated heterocycles. The van der Waals surface area contributed by atoms with Crippen LogP contribution >= 0.6 is 0 Å². The Balaban J connectivity index is 1.68. The smallest absolute Gasteiger partial charge is 0.312 e. The minimum absolute atomic E-state index is 0.113. The molecule has 0 bridgehead atoms. The number of carbonyl (C=O) groups is 2. The number of fused-ring (bicyclic) bond motifs is 2. The van der Waals surface area contributed by atoms with Crippen LogP contribution in [0.5, 0.6) is 17.2 Å². The summed E-state index contributed by atoms with van der Waals surface area (Å²) in [6.45, 7) is 1.28. The summed E-state index contributed by atoms with van der Waals surface area (Å²) in [5.74, 6) is -0.615. The number of carboxylic acids is 1. The Labute approximate surface area is 156 Å². The van der Waals surface area contributed by atoms with Gasteiger partial charge in [-0.05, 0) is 23.3 Å². The Morgan fingerprint density at radius 1 is 1.19 bits per heavy atom. The molecule has 0 aromatic heterocycles. The van der Waals surface area contributed by atoms with Gasteiger partial charge in [0, 0.05) is 18.7 Å². The Hall–Kier alpha value is -3.22. The highest BCUT2D eigenvalue weighted by atomic mass is 16.6. The molecule has 0 spiro atoms. The van der Waals surface area contributed by atoms with E-state index >= 15 is 0 Å². The van der Waals surface area contributed by atoms with E-state index in [9.17, 15) is 14.7 Å². The second-order valence-corrected chi connectivity index (χ2v) is 6.48. The molecule has 2 aromatic carbocycles. The van der Waals surface area contributed by atoms with Crippen molar-refractivity contribution in [2.75, 3.05) is 26.9 Å². The lowest BCUT2D eigenvalue weighted by atomic mass is 9.89. The van der Waals surface area contributed by atoms with Crippen LogP contribution in [0.1, 0.15) is 27.4 Å². The van der Waals surface area contributed by atoms with Crippen molar-refractivity contribution in [3.05, 3.63) is 53.1 Å². The number of amides is 1. The number of hydrogen-bond donors (Lipinski definition) is 1. The topological polar surface area (TPSA) is 85.3 Å². The van der Waals surface area contributed by atoms with Crippen LogP contribution in [0.25, 0.3) is 0 Å². The number of rotatable bonds is 3. The van der Waals surface area contributed by atoms with Gasteiger partial charge in [-0.25, -0.2) is 0 Å². The summed E-state index contributed by atoms with van der Waals surface area (Å²) in [7, 11) is 1.50. The van der Waals surface area contributed by atoms with Crippen LogP contribution in [0.2, 0.25) is 0 Å². The van der Waals surface area contributed by atoms with Gasteiger partial charge < -0.3 is 24.2 Å². The fraction of sp³-hybridized carbons (Fsp3) is 0.300. The zero-order chi connectivity index (χ0) is 19.0. The maximum atomic E-state index is 13.1. The van der Waals surface area contributed by atoms with E-state index in [1.807, 2.05) is 24.3 Å². The van der Waals surface area contributed by atoms with Crippen molar-refractivity contribution >= 4 is 11.9 Å². The average molecular weight is 369 g/mol. The third kappa shape index (κ3) is 3.05. The van der Waals surface area contributed by atoms with E-state index in [0.29, 0.717) is 42.6 Å². The predicted molar refractivity (Wildman–Crippen MR) is 95.5 cm³/mol. The number of carbonyl (C=O) groups excluding carboxylic acids is 1. The van der Waals surface area contributed by atoms with Gasteiger partial charge in [0.25, 0.3) is 5.91 Å². The summed E-state index contributed by atoms with van der Waals surface area (Å²) in [5, 5.41) is 9.60. The molecule has 27 heavy (non-hydrogen) atoms. The standard InChI is InChI=1S/C20H19NO6/c1-25-16-8-13(9-17-18(16)27-7-6-26-17)19(22)21-10-12-4-2-3-5-14(12)15(11-21)20(23)24/h2-5,8-9,15H,6-7,10-11H2,1H3,(H,23,24). The van der Waals surface area contributed by atoms with Crippen molar-refractivity contribution in [1.29, 1.82) is 0 Å². The minimum atomic E-state index is -0.945. The van der Waals surface area contributed by atoms with Crippen LogP contribution in [0.15, 0.2) is 36.4 Å². The SMILES string of the molecule is COc1cc(C(=O)N2Cc3ccccc3C(C(=O)O)C2)cc2c1OCCO2. The van der Waals surface area contributed by atoms with Gasteiger partial charge in [-0.1, -0.05) is 24.3 Å². The molecule has 1 atom stereocenters. The van der Waals surface area contributed by atoms with E-state index in [1.165, 1.54) is 7.11 Å². The van der Waals surface area contributed by atoms with Crippen LogP contribution in [-0.4, -0.2) is 48.8 Å². The number of benzene rings is 2. The molecule has 1 amide bonds. The van der Waals surface area contributed by atoms with Crippen molar-refractivity contribution in [1.82, 2.24) is 4.90 Å². The summed E-state index contributed by atoms with van der Waals surface area (Å²) < 4.78 is 16.5. The van der Waals surface area contributed by atoms with Gasteiger partial charge in [0.15, 0.2) is 11.5 Å². The van der Waals surface area contributed by atoms with E-state index in [2.05, 4.69) is 0 Å². The average Bonchev–Trinajstić information content (AvgIpc) is 2.71. The maximum absolute atomic E-state index is 13.1. The van der Waals surface area contributed by atoms with Crippen LogP contribution in [0.4, 0.5) is 0 Å². The van der Waals surface area contributed by atoms with Crippen LogP contribution < -0.4 is 14.2 Å². The summed E-state index contributed by atoms with van der Waals surface area (Å²) >= 11 is 0. The molecule has 0 saturated carbocycles. The maximum Gasteiger partial charge on any atom is 0.312 e. The van der Waals surface area contributed by atoms with E-state index in [-0.39, 0.29) is 12.5 Å². The molecule has 2 heterocycles. The lowest BCUT2D eigenvalue weighted by molar-refractivity contribution is -0.139. The third-order valence-corrected chi connectivity index (χ3v) is 4.85. The Morgan fingerprint density at radius 2 is 1.96 bits per heavy atom. The van der Waals surface area contributed by atoms with Gasteiger partial charge in [0.1, 0.15) is 13.2 Å². The molecule has 0 radical (unpaired) electrons. The van der Waals surface area contributed by atoms with Gasteiger partial charge >= 0.3 is 5.97 Å². The first-order valence-electron chi connectivity index (χ1n) is 8.66. The van der Waals surface area contributed by atoms with Crippen molar-refractivity contribution in [2.24, 2.45) is 0 Å². The normalized spacial score (nSPS) is 17.8. The van der Waals surface area contributed by atoms with Crippen LogP contribution in [0, 0.1) is 0 Å². The number of ether oxygens (including phenoxy) is 3. The third-order valence-electron chi connectivity index (χ3n) is 4.85. The van der Waals surface area contributed by atoms with E-state index in [1.54, 1.807) is 17.0 Å². The molecule has 0 aliphatic carbocycles. The highest BCUT2D eigenvalue weighted by Gasteiger charge is 2.33. The fourth-order valence-electron chi connectivity index (χ4n) is 3.55. The predicted octanol–water partition coefficient (Wildman–Crippen LogP) is 2.29. The summed E-state index contributed by atoms with van der Waals surface area (Å²) in [4.78, 5) is 26.4. The quantitative estimate of drug-likeness (QED) is 0.894. The molecule has 7 nitrogen and oxygen atoms in total.